The standard InChI is InChI=1S/C22H22F2O3/c1-2-25-17-11-9-15-16-10-12-18(20(24)22(16)27-21(15)19(17)23)26-13-5-8-14-6-3-4-7-14/h8-12H,2-7,13H2,1H3. The van der Waals surface area contributed by atoms with E-state index in [1.165, 1.54) is 24.5 Å². The highest BCUT2D eigenvalue weighted by molar-refractivity contribution is 6.06. The van der Waals surface area contributed by atoms with E-state index in [4.69, 9.17) is 13.9 Å². The second kappa shape index (κ2) is 7.59. The molecule has 0 unspecified atom stereocenters. The average molecular weight is 372 g/mol. The number of hydrogen-bond donors (Lipinski definition) is 0. The summed E-state index contributed by atoms with van der Waals surface area (Å²) in [6, 6.07) is 6.50. The lowest BCUT2D eigenvalue weighted by Crippen LogP contribution is -1.98. The van der Waals surface area contributed by atoms with Crippen LogP contribution in [-0.4, -0.2) is 13.2 Å². The van der Waals surface area contributed by atoms with E-state index in [0.29, 0.717) is 24.0 Å². The van der Waals surface area contributed by atoms with Crippen LogP contribution in [0.1, 0.15) is 39.0 Å². The van der Waals surface area contributed by atoms with Gasteiger partial charge < -0.3 is 13.9 Å². The first-order valence-electron chi connectivity index (χ1n) is 9.45. The Morgan fingerprint density at radius 3 is 2.11 bits per heavy atom. The van der Waals surface area contributed by atoms with E-state index in [9.17, 15) is 8.78 Å². The number of halogens is 2. The summed E-state index contributed by atoms with van der Waals surface area (Å²) in [5, 5.41) is 1.03. The highest BCUT2D eigenvalue weighted by Crippen LogP contribution is 2.37. The third-order valence-corrected chi connectivity index (χ3v) is 4.97. The summed E-state index contributed by atoms with van der Waals surface area (Å²) in [7, 11) is 0. The van der Waals surface area contributed by atoms with Crippen LogP contribution < -0.4 is 9.47 Å². The van der Waals surface area contributed by atoms with Gasteiger partial charge in [0, 0.05) is 10.8 Å². The van der Waals surface area contributed by atoms with E-state index >= 15 is 0 Å². The van der Waals surface area contributed by atoms with E-state index < -0.39 is 11.6 Å². The fourth-order valence-electron chi connectivity index (χ4n) is 3.65. The number of ether oxygens (including phenoxy) is 2. The molecule has 0 atom stereocenters. The maximum Gasteiger partial charge on any atom is 0.208 e. The molecular weight excluding hydrogens is 350 g/mol. The maximum absolute atomic E-state index is 14.8. The molecule has 1 aliphatic rings. The molecule has 27 heavy (non-hydrogen) atoms. The molecule has 4 rings (SSSR count). The van der Waals surface area contributed by atoms with Crippen molar-refractivity contribution >= 4 is 21.9 Å². The van der Waals surface area contributed by atoms with Crippen molar-refractivity contribution in [1.82, 2.24) is 0 Å². The first-order valence-corrected chi connectivity index (χ1v) is 9.45. The van der Waals surface area contributed by atoms with Crippen molar-refractivity contribution in [2.24, 2.45) is 0 Å². The Kier molecular flexibility index (Phi) is 5.01. The lowest BCUT2D eigenvalue weighted by Gasteiger charge is -2.06. The molecule has 1 aliphatic carbocycles. The molecule has 0 aliphatic heterocycles. The van der Waals surface area contributed by atoms with Crippen LogP contribution >= 0.6 is 0 Å². The molecule has 1 aromatic heterocycles. The van der Waals surface area contributed by atoms with Crippen molar-refractivity contribution in [2.45, 2.75) is 39.0 Å². The lowest BCUT2D eigenvalue weighted by molar-refractivity contribution is 0.307. The summed E-state index contributed by atoms with van der Waals surface area (Å²) in [6.45, 7) is 2.51. The van der Waals surface area contributed by atoms with Crippen molar-refractivity contribution in [2.75, 3.05) is 13.2 Å². The van der Waals surface area contributed by atoms with Crippen LogP contribution in [0.25, 0.3) is 21.9 Å². The van der Waals surface area contributed by atoms with E-state index in [0.717, 1.165) is 19.3 Å². The monoisotopic (exact) mass is 372 g/mol. The van der Waals surface area contributed by atoms with Crippen molar-refractivity contribution in [1.29, 1.82) is 0 Å². The first-order chi connectivity index (χ1) is 13.2. The SMILES string of the molecule is CCOc1ccc2c(oc3c(F)c(OCCC=C4CCCC4)ccc32)c1F. The third kappa shape index (κ3) is 3.38. The summed E-state index contributed by atoms with van der Waals surface area (Å²) in [5.41, 5.74) is 1.47. The van der Waals surface area contributed by atoms with Crippen molar-refractivity contribution in [3.05, 3.63) is 47.5 Å². The molecular formula is C22H22F2O3. The zero-order valence-corrected chi connectivity index (χ0v) is 15.3. The molecule has 3 nitrogen and oxygen atoms in total. The Bertz CT molecular complexity index is 996. The van der Waals surface area contributed by atoms with E-state index in [1.807, 2.05) is 0 Å². The molecule has 0 radical (unpaired) electrons. The largest absolute Gasteiger partial charge is 0.491 e. The first kappa shape index (κ1) is 17.8. The van der Waals surface area contributed by atoms with Gasteiger partial charge in [-0.2, -0.15) is 8.78 Å². The van der Waals surface area contributed by atoms with Crippen LogP contribution in [0, 0.1) is 11.6 Å². The van der Waals surface area contributed by atoms with Gasteiger partial charge in [-0.15, -0.1) is 0 Å². The summed E-state index contributed by atoms with van der Waals surface area (Å²) in [5.74, 6) is -0.997. The van der Waals surface area contributed by atoms with Crippen LogP contribution in [0.4, 0.5) is 8.78 Å². The molecule has 0 bridgehead atoms. The Hall–Kier alpha value is -2.56. The van der Waals surface area contributed by atoms with Crippen LogP contribution in [0.3, 0.4) is 0 Å². The quantitative estimate of drug-likeness (QED) is 0.364. The fourth-order valence-corrected chi connectivity index (χ4v) is 3.65. The number of hydrogen-bond acceptors (Lipinski definition) is 3. The van der Waals surface area contributed by atoms with Gasteiger partial charge in [0.15, 0.2) is 22.7 Å². The molecule has 1 saturated carbocycles. The number of fused-ring (bicyclic) bond motifs is 3. The molecule has 1 heterocycles. The minimum Gasteiger partial charge on any atom is -0.491 e. The summed E-state index contributed by atoms with van der Waals surface area (Å²) >= 11 is 0. The van der Waals surface area contributed by atoms with Crippen LogP contribution in [0.5, 0.6) is 11.5 Å². The molecule has 2 aromatic carbocycles. The van der Waals surface area contributed by atoms with E-state index in [2.05, 4.69) is 6.08 Å². The zero-order valence-electron chi connectivity index (χ0n) is 15.3. The van der Waals surface area contributed by atoms with E-state index in [-0.39, 0.29) is 22.7 Å². The number of furan rings is 1. The smallest absolute Gasteiger partial charge is 0.208 e. The van der Waals surface area contributed by atoms with Gasteiger partial charge in [-0.05, 0) is 63.3 Å². The summed E-state index contributed by atoms with van der Waals surface area (Å²) < 4.78 is 45.7. The number of rotatable bonds is 6. The Labute approximate surface area is 156 Å². The van der Waals surface area contributed by atoms with Gasteiger partial charge in [-0.1, -0.05) is 11.6 Å². The zero-order chi connectivity index (χ0) is 18.8. The Morgan fingerprint density at radius 2 is 1.52 bits per heavy atom. The van der Waals surface area contributed by atoms with E-state index in [1.54, 1.807) is 25.1 Å². The van der Waals surface area contributed by atoms with Crippen LogP contribution in [0.15, 0.2) is 40.3 Å². The summed E-state index contributed by atoms with van der Waals surface area (Å²) in [6.07, 6.45) is 7.77. The molecule has 0 amide bonds. The van der Waals surface area contributed by atoms with Crippen LogP contribution in [-0.2, 0) is 0 Å². The minimum absolute atomic E-state index is 0.00188. The van der Waals surface area contributed by atoms with Gasteiger partial charge in [-0.3, -0.25) is 0 Å². The number of allylic oxidation sites excluding steroid dienone is 1. The van der Waals surface area contributed by atoms with Gasteiger partial charge in [-0.25, -0.2) is 0 Å². The maximum atomic E-state index is 14.8. The van der Waals surface area contributed by atoms with Gasteiger partial charge in [0.25, 0.3) is 0 Å². The molecule has 0 saturated heterocycles. The molecule has 0 spiro atoms. The van der Waals surface area contributed by atoms with Gasteiger partial charge in [0.1, 0.15) is 0 Å². The minimum atomic E-state index is -0.615. The van der Waals surface area contributed by atoms with Crippen molar-refractivity contribution in [3.8, 4) is 11.5 Å². The highest BCUT2D eigenvalue weighted by atomic mass is 19.1. The number of benzene rings is 2. The average Bonchev–Trinajstić information content (AvgIpc) is 3.31. The predicted molar refractivity (Wildman–Crippen MR) is 101 cm³/mol. The molecule has 5 heteroatoms. The van der Waals surface area contributed by atoms with Gasteiger partial charge in [0.2, 0.25) is 11.6 Å². The molecule has 142 valence electrons. The Morgan fingerprint density at radius 1 is 0.926 bits per heavy atom. The lowest BCUT2D eigenvalue weighted by atomic mass is 10.1. The van der Waals surface area contributed by atoms with Crippen molar-refractivity contribution < 1.29 is 22.7 Å². The normalized spacial score (nSPS) is 14.3. The van der Waals surface area contributed by atoms with Gasteiger partial charge in [0.05, 0.1) is 13.2 Å². The van der Waals surface area contributed by atoms with Gasteiger partial charge >= 0.3 is 0 Å². The molecule has 3 aromatic rings. The van der Waals surface area contributed by atoms with Crippen LogP contribution in [0.2, 0.25) is 0 Å². The third-order valence-electron chi connectivity index (χ3n) is 4.97. The second-order valence-electron chi connectivity index (χ2n) is 6.75. The Balaban J connectivity index is 1.60. The molecule has 1 fully saturated rings. The highest BCUT2D eigenvalue weighted by Gasteiger charge is 2.20. The fraction of sp³-hybridized carbons (Fsp3) is 0.364. The molecule has 0 N–H and O–H groups in total. The summed E-state index contributed by atoms with van der Waals surface area (Å²) in [4.78, 5) is 0. The van der Waals surface area contributed by atoms with Crippen molar-refractivity contribution in [3.63, 3.8) is 0 Å². The topological polar surface area (TPSA) is 31.6 Å². The predicted octanol–water partition coefficient (Wildman–Crippen LogP) is 6.53. The second-order valence-corrected chi connectivity index (χ2v) is 6.75.